The number of thiocarbonyl (C=S) groups is 1. The van der Waals surface area contributed by atoms with E-state index in [1.807, 2.05) is 23.1 Å². The standard InChI is InChI=1S/C27H32F2N4O5S/c1-4-38-26(35)32-25(39)33-12-11-27(16-5-8-21(36-2)22(13-16)37-3)10-9-18(15-23(27)33)31-24(34)30-17-6-7-19(28)20(29)14-17/h5-8,13-14,18,23H,4,9-12,15H2,1-3H3,(H2,30,31,34)(H,32,35,39)/t18-,23+,27+/m1/s1. The highest BCUT2D eigenvalue weighted by Gasteiger charge is 2.52. The summed E-state index contributed by atoms with van der Waals surface area (Å²) in [4.78, 5) is 26.8. The monoisotopic (exact) mass is 562 g/mol. The van der Waals surface area contributed by atoms with E-state index in [0.717, 1.165) is 30.5 Å². The predicted octanol–water partition coefficient (Wildman–Crippen LogP) is 4.70. The molecule has 1 heterocycles. The Hall–Kier alpha value is -3.67. The summed E-state index contributed by atoms with van der Waals surface area (Å²) in [7, 11) is 3.17. The second kappa shape index (κ2) is 12.0. The number of nitrogens with one attached hydrogen (secondary N) is 3. The van der Waals surface area contributed by atoms with Crippen molar-refractivity contribution in [3.05, 3.63) is 53.6 Å². The van der Waals surface area contributed by atoms with E-state index in [2.05, 4.69) is 16.0 Å². The lowest BCUT2D eigenvalue weighted by molar-refractivity contribution is 0.153. The van der Waals surface area contributed by atoms with E-state index in [0.29, 0.717) is 30.9 Å². The summed E-state index contributed by atoms with van der Waals surface area (Å²) in [6.45, 7) is 2.52. The van der Waals surface area contributed by atoms with Gasteiger partial charge >= 0.3 is 12.1 Å². The van der Waals surface area contributed by atoms with Crippen LogP contribution in [-0.2, 0) is 10.2 Å². The van der Waals surface area contributed by atoms with Gasteiger partial charge in [-0.15, -0.1) is 0 Å². The molecular formula is C27H32F2N4O5S. The minimum Gasteiger partial charge on any atom is -0.493 e. The average molecular weight is 563 g/mol. The predicted molar refractivity (Wildman–Crippen MR) is 145 cm³/mol. The Morgan fingerprint density at radius 2 is 1.85 bits per heavy atom. The molecule has 210 valence electrons. The van der Waals surface area contributed by atoms with E-state index in [9.17, 15) is 18.4 Å². The van der Waals surface area contributed by atoms with Crippen molar-refractivity contribution in [2.45, 2.75) is 50.1 Å². The van der Waals surface area contributed by atoms with Crippen molar-refractivity contribution in [2.75, 3.05) is 32.7 Å². The molecule has 0 bridgehead atoms. The Morgan fingerprint density at radius 1 is 1.08 bits per heavy atom. The van der Waals surface area contributed by atoms with Crippen molar-refractivity contribution in [1.82, 2.24) is 15.5 Å². The first kappa shape index (κ1) is 28.3. The van der Waals surface area contributed by atoms with Crippen LogP contribution in [0.25, 0.3) is 0 Å². The first-order valence-corrected chi connectivity index (χ1v) is 13.1. The van der Waals surface area contributed by atoms with Crippen LogP contribution < -0.4 is 25.4 Å². The van der Waals surface area contributed by atoms with Crippen molar-refractivity contribution in [2.24, 2.45) is 0 Å². The molecule has 2 aromatic rings. The molecule has 3 amide bonds. The second-order valence-electron chi connectivity index (χ2n) is 9.53. The molecule has 1 saturated carbocycles. The number of hydrogen-bond donors (Lipinski definition) is 3. The number of alkyl carbamates (subject to hydrolysis) is 1. The number of nitrogens with zero attached hydrogens (tertiary/aromatic N) is 1. The number of likely N-dealkylation sites (tertiary alicyclic amines) is 1. The topological polar surface area (TPSA) is 101 Å². The molecular weight excluding hydrogens is 530 g/mol. The fourth-order valence-corrected chi connectivity index (χ4v) is 5.96. The number of fused-ring (bicyclic) bond motifs is 1. The number of amides is 3. The Morgan fingerprint density at radius 3 is 2.54 bits per heavy atom. The van der Waals surface area contributed by atoms with E-state index in [-0.39, 0.29) is 34.9 Å². The fourth-order valence-electron chi connectivity index (χ4n) is 5.66. The first-order chi connectivity index (χ1) is 18.7. The van der Waals surface area contributed by atoms with Crippen LogP contribution in [0.1, 0.15) is 38.2 Å². The molecule has 12 heteroatoms. The van der Waals surface area contributed by atoms with Crippen LogP contribution in [0, 0.1) is 11.6 Å². The SMILES string of the molecule is CCOC(=O)NC(=S)N1CC[C@]2(c3ccc(OC)c(OC)c3)CC[C@@H](NC(=O)Nc3ccc(F)c(F)c3)C[C@H]12. The van der Waals surface area contributed by atoms with E-state index < -0.39 is 23.8 Å². The van der Waals surface area contributed by atoms with Crippen LogP contribution in [0.15, 0.2) is 36.4 Å². The maximum atomic E-state index is 13.6. The molecule has 39 heavy (non-hydrogen) atoms. The van der Waals surface area contributed by atoms with Crippen molar-refractivity contribution in [1.29, 1.82) is 0 Å². The maximum Gasteiger partial charge on any atom is 0.413 e. The molecule has 0 unspecified atom stereocenters. The summed E-state index contributed by atoms with van der Waals surface area (Å²) in [6.07, 6.45) is 2.07. The molecule has 0 spiro atoms. The van der Waals surface area contributed by atoms with Gasteiger partial charge in [0.1, 0.15) is 0 Å². The highest BCUT2D eigenvalue weighted by atomic mass is 32.1. The van der Waals surface area contributed by atoms with E-state index in [1.54, 1.807) is 21.1 Å². The number of hydrogen-bond acceptors (Lipinski definition) is 6. The largest absolute Gasteiger partial charge is 0.493 e. The first-order valence-electron chi connectivity index (χ1n) is 12.7. The molecule has 1 aliphatic heterocycles. The summed E-state index contributed by atoms with van der Waals surface area (Å²) in [6, 6.07) is 8.11. The molecule has 1 saturated heterocycles. The molecule has 3 N–H and O–H groups in total. The number of anilines is 1. The Bertz CT molecular complexity index is 1250. The lowest BCUT2D eigenvalue weighted by Gasteiger charge is -2.45. The molecule has 2 aromatic carbocycles. The van der Waals surface area contributed by atoms with Crippen molar-refractivity contribution in [3.8, 4) is 11.5 Å². The third-order valence-corrected chi connectivity index (χ3v) is 7.81. The minimum atomic E-state index is -1.05. The number of urea groups is 1. The Labute approximate surface area is 231 Å². The smallest absolute Gasteiger partial charge is 0.413 e. The molecule has 1 aliphatic carbocycles. The van der Waals surface area contributed by atoms with E-state index >= 15 is 0 Å². The molecule has 2 aliphatic rings. The number of benzene rings is 2. The zero-order valence-corrected chi connectivity index (χ0v) is 22.8. The van der Waals surface area contributed by atoms with Gasteiger partial charge in [-0.1, -0.05) is 6.07 Å². The van der Waals surface area contributed by atoms with Crippen LogP contribution in [0.4, 0.5) is 24.1 Å². The Balaban J connectivity index is 1.57. The van der Waals surface area contributed by atoms with Gasteiger partial charge in [-0.2, -0.15) is 0 Å². The van der Waals surface area contributed by atoms with Crippen molar-refractivity contribution >= 4 is 35.1 Å². The molecule has 0 radical (unpaired) electrons. The summed E-state index contributed by atoms with van der Waals surface area (Å²) >= 11 is 5.60. The van der Waals surface area contributed by atoms with E-state index in [4.69, 9.17) is 26.4 Å². The van der Waals surface area contributed by atoms with Crippen LogP contribution in [0.5, 0.6) is 11.5 Å². The van der Waals surface area contributed by atoms with Crippen LogP contribution >= 0.6 is 12.2 Å². The number of rotatable bonds is 6. The van der Waals surface area contributed by atoms with Gasteiger partial charge in [0.2, 0.25) is 0 Å². The third-order valence-electron chi connectivity index (χ3n) is 7.48. The maximum absolute atomic E-state index is 13.6. The lowest BCUT2D eigenvalue weighted by Crippen LogP contribution is -2.56. The zero-order chi connectivity index (χ0) is 28.2. The van der Waals surface area contributed by atoms with Gasteiger partial charge < -0.3 is 29.7 Å². The quantitative estimate of drug-likeness (QED) is 0.439. The van der Waals surface area contributed by atoms with Crippen molar-refractivity contribution in [3.63, 3.8) is 0 Å². The lowest BCUT2D eigenvalue weighted by atomic mass is 9.65. The summed E-state index contributed by atoms with van der Waals surface area (Å²) < 4.78 is 42.8. The van der Waals surface area contributed by atoms with Crippen LogP contribution in [0.2, 0.25) is 0 Å². The van der Waals surface area contributed by atoms with Crippen LogP contribution in [-0.4, -0.2) is 61.6 Å². The molecule has 3 atom stereocenters. The van der Waals surface area contributed by atoms with Gasteiger partial charge in [0, 0.05) is 35.8 Å². The minimum absolute atomic E-state index is 0.143. The fraction of sp³-hybridized carbons (Fsp3) is 0.444. The average Bonchev–Trinajstić information content (AvgIpc) is 3.30. The molecule has 4 rings (SSSR count). The van der Waals surface area contributed by atoms with Crippen molar-refractivity contribution < 1.29 is 32.6 Å². The summed E-state index contributed by atoms with van der Waals surface area (Å²) in [5.41, 5.74) is 0.870. The number of carbonyl (C=O) groups is 2. The third kappa shape index (κ3) is 6.00. The number of ether oxygens (including phenoxy) is 3. The van der Waals surface area contributed by atoms with E-state index in [1.165, 1.54) is 6.07 Å². The van der Waals surface area contributed by atoms with Gasteiger partial charge in [-0.3, -0.25) is 5.32 Å². The normalized spacial score (nSPS) is 21.9. The highest BCUT2D eigenvalue weighted by Crippen LogP contribution is 2.50. The molecule has 0 aromatic heterocycles. The van der Waals surface area contributed by atoms with Gasteiger partial charge in [0.25, 0.3) is 0 Å². The van der Waals surface area contributed by atoms with Gasteiger partial charge in [-0.25, -0.2) is 18.4 Å². The van der Waals surface area contributed by atoms with Gasteiger partial charge in [0.15, 0.2) is 28.2 Å². The summed E-state index contributed by atoms with van der Waals surface area (Å²) in [5, 5.41) is 8.42. The molecule has 2 fully saturated rings. The number of methoxy groups -OCH3 is 2. The second-order valence-corrected chi connectivity index (χ2v) is 9.92. The summed E-state index contributed by atoms with van der Waals surface area (Å²) in [5.74, 6) is -0.810. The van der Waals surface area contributed by atoms with Crippen LogP contribution in [0.3, 0.4) is 0 Å². The Kier molecular flexibility index (Phi) is 8.73. The number of halogens is 2. The molecule has 9 nitrogen and oxygen atoms in total. The highest BCUT2D eigenvalue weighted by molar-refractivity contribution is 7.80. The number of carbonyl (C=O) groups excluding carboxylic acids is 2. The van der Waals surface area contributed by atoms with Gasteiger partial charge in [-0.05, 0) is 74.7 Å². The zero-order valence-electron chi connectivity index (χ0n) is 22.0. The van der Waals surface area contributed by atoms with Gasteiger partial charge in [0.05, 0.1) is 20.8 Å².